The molecule has 4 heteroatoms. The number of likely N-dealkylation sites (N-methyl/N-ethyl adjacent to an activating group) is 1. The van der Waals surface area contributed by atoms with E-state index in [9.17, 15) is 0 Å². The fraction of sp³-hybridized carbons (Fsp3) is 0.500. The minimum Gasteiger partial charge on any atom is -0.740 e. The first kappa shape index (κ1) is 7.89. The summed E-state index contributed by atoms with van der Waals surface area (Å²) in [6.07, 6.45) is 2.90. The van der Waals surface area contributed by atoms with Crippen LogP contribution in [0, 0.1) is 0 Å². The number of nitrogens with one attached hydrogen (secondary N) is 1. The van der Waals surface area contributed by atoms with Gasteiger partial charge in [0.1, 0.15) is 6.54 Å². The molecule has 0 aliphatic carbocycles. The van der Waals surface area contributed by atoms with E-state index in [-0.39, 0.29) is 0 Å². The molecular formula is C8H11N3S. The molecule has 1 aromatic rings. The van der Waals surface area contributed by atoms with Crippen molar-refractivity contribution in [3.8, 4) is 0 Å². The maximum absolute atomic E-state index is 4.90. The molecule has 0 radical (unpaired) electrons. The number of quaternary nitrogens is 1. The molecular weight excluding hydrogens is 170 g/mol. The van der Waals surface area contributed by atoms with Crippen molar-refractivity contribution in [1.29, 1.82) is 0 Å². The van der Waals surface area contributed by atoms with Gasteiger partial charge in [-0.05, 0) is 0 Å². The lowest BCUT2D eigenvalue weighted by atomic mass is 10.1. The summed E-state index contributed by atoms with van der Waals surface area (Å²) in [4.78, 5) is 9.77. The molecule has 1 aromatic heterocycles. The Morgan fingerprint density at radius 1 is 1.58 bits per heavy atom. The predicted octanol–water partition coefficient (Wildman–Crippen LogP) is -1.05. The van der Waals surface area contributed by atoms with Crippen molar-refractivity contribution in [3.63, 3.8) is 0 Å². The summed E-state index contributed by atoms with van der Waals surface area (Å²) in [6, 6.07) is 0. The number of nitrogens with zero attached hydrogens (tertiary/aromatic N) is 2. The highest BCUT2D eigenvalue weighted by Crippen LogP contribution is 2.06. The van der Waals surface area contributed by atoms with E-state index >= 15 is 0 Å². The van der Waals surface area contributed by atoms with E-state index in [0.717, 1.165) is 25.2 Å². The lowest BCUT2D eigenvalue weighted by molar-refractivity contribution is -0.895. The fourth-order valence-corrected chi connectivity index (χ4v) is 1.70. The van der Waals surface area contributed by atoms with Crippen LogP contribution in [0.25, 0.3) is 0 Å². The van der Waals surface area contributed by atoms with Crippen LogP contribution in [-0.2, 0) is 25.6 Å². The minimum atomic E-state index is 0.480. The van der Waals surface area contributed by atoms with Crippen molar-refractivity contribution in [2.75, 3.05) is 13.6 Å². The summed E-state index contributed by atoms with van der Waals surface area (Å²) in [6.45, 7) is 2.18. The maximum atomic E-state index is 4.90. The second kappa shape index (κ2) is 2.95. The lowest BCUT2D eigenvalue weighted by Gasteiger charge is -2.22. The Balaban J connectivity index is 2.37. The first-order valence-electron chi connectivity index (χ1n) is 4.09. The van der Waals surface area contributed by atoms with Crippen molar-refractivity contribution in [3.05, 3.63) is 17.5 Å². The second-order valence-electron chi connectivity index (χ2n) is 3.26. The Labute approximate surface area is 77.2 Å². The molecule has 0 spiro atoms. The molecule has 0 saturated heterocycles. The first-order valence-corrected chi connectivity index (χ1v) is 4.49. The molecule has 2 heterocycles. The monoisotopic (exact) mass is 181 g/mol. The molecule has 3 nitrogen and oxygen atoms in total. The van der Waals surface area contributed by atoms with Gasteiger partial charge in [0.2, 0.25) is 0 Å². The summed E-state index contributed by atoms with van der Waals surface area (Å²) in [5, 5.41) is 0.480. The normalized spacial score (nSPS) is 21.9. The van der Waals surface area contributed by atoms with E-state index in [0.29, 0.717) is 5.16 Å². The number of hydrogen-bond acceptors (Lipinski definition) is 3. The van der Waals surface area contributed by atoms with Gasteiger partial charge in [0.15, 0.2) is 0 Å². The number of aromatic nitrogens is 2. The van der Waals surface area contributed by atoms with Gasteiger partial charge in [0, 0.05) is 23.3 Å². The molecule has 1 atom stereocenters. The van der Waals surface area contributed by atoms with Crippen LogP contribution in [0.15, 0.2) is 11.4 Å². The highest BCUT2D eigenvalue weighted by molar-refractivity contribution is 7.58. The van der Waals surface area contributed by atoms with Crippen molar-refractivity contribution in [2.24, 2.45) is 0 Å². The summed E-state index contributed by atoms with van der Waals surface area (Å²) in [5.74, 6) is 0. The highest BCUT2D eigenvalue weighted by atomic mass is 32.1. The van der Waals surface area contributed by atoms with E-state index in [1.165, 1.54) is 10.5 Å². The fourth-order valence-electron chi connectivity index (χ4n) is 1.53. The van der Waals surface area contributed by atoms with Crippen molar-refractivity contribution in [1.82, 2.24) is 9.97 Å². The van der Waals surface area contributed by atoms with Crippen LogP contribution in [0.5, 0.6) is 0 Å². The Bertz CT molecular complexity index is 300. The molecule has 0 aromatic carbocycles. The lowest BCUT2D eigenvalue weighted by Crippen LogP contribution is -3.08. The average molecular weight is 181 g/mol. The van der Waals surface area contributed by atoms with Crippen molar-refractivity contribution in [2.45, 2.75) is 18.1 Å². The Kier molecular flexibility index (Phi) is 1.94. The van der Waals surface area contributed by atoms with Crippen LogP contribution >= 0.6 is 0 Å². The zero-order valence-electron chi connectivity index (χ0n) is 7.00. The standard InChI is InChI=1S/C8H11N3S/c1-11-3-2-7-6(5-11)4-9-8(12)10-7/h4H,2-3,5H2,1H3,(H,9,10,12). The molecule has 1 aliphatic rings. The van der Waals surface area contributed by atoms with Crippen molar-refractivity contribution < 1.29 is 4.90 Å². The van der Waals surface area contributed by atoms with Gasteiger partial charge in [-0.15, -0.1) is 0 Å². The average Bonchev–Trinajstić information content (AvgIpc) is 2.05. The van der Waals surface area contributed by atoms with Crippen LogP contribution in [0.1, 0.15) is 11.3 Å². The molecule has 12 heavy (non-hydrogen) atoms. The van der Waals surface area contributed by atoms with Gasteiger partial charge in [0.25, 0.3) is 0 Å². The molecule has 0 saturated carbocycles. The summed E-state index contributed by atoms with van der Waals surface area (Å²) in [5.41, 5.74) is 2.41. The maximum Gasteiger partial charge on any atom is 0.106 e. The van der Waals surface area contributed by atoms with Crippen LogP contribution in [0.3, 0.4) is 0 Å². The number of fused-ring (bicyclic) bond motifs is 1. The quantitative estimate of drug-likeness (QED) is 0.409. The molecule has 1 N–H and O–H groups in total. The summed E-state index contributed by atoms with van der Waals surface area (Å²) < 4.78 is 0. The van der Waals surface area contributed by atoms with Crippen LogP contribution < -0.4 is 4.90 Å². The van der Waals surface area contributed by atoms with Gasteiger partial charge in [-0.1, -0.05) is 0 Å². The Hall–Kier alpha value is -0.740. The second-order valence-corrected chi connectivity index (χ2v) is 3.62. The topological polar surface area (TPSA) is 30.2 Å². The van der Waals surface area contributed by atoms with Gasteiger partial charge in [-0.25, -0.2) is 0 Å². The van der Waals surface area contributed by atoms with Crippen molar-refractivity contribution >= 4 is 12.6 Å². The van der Waals surface area contributed by atoms with Gasteiger partial charge in [-0.2, -0.15) is 0 Å². The molecule has 0 bridgehead atoms. The zero-order valence-corrected chi connectivity index (χ0v) is 7.82. The largest absolute Gasteiger partial charge is 0.740 e. The highest BCUT2D eigenvalue weighted by Gasteiger charge is 2.16. The first-order chi connectivity index (χ1) is 5.75. The van der Waals surface area contributed by atoms with Crippen LogP contribution in [-0.4, -0.2) is 23.6 Å². The third kappa shape index (κ3) is 1.40. The third-order valence-electron chi connectivity index (χ3n) is 2.21. The van der Waals surface area contributed by atoms with Gasteiger partial charge in [-0.3, -0.25) is 9.97 Å². The van der Waals surface area contributed by atoms with E-state index in [1.807, 2.05) is 6.20 Å². The van der Waals surface area contributed by atoms with E-state index in [2.05, 4.69) is 17.0 Å². The Morgan fingerprint density at radius 3 is 3.25 bits per heavy atom. The molecule has 64 valence electrons. The van der Waals surface area contributed by atoms with Gasteiger partial charge in [0.05, 0.1) is 19.3 Å². The predicted molar refractivity (Wildman–Crippen MR) is 46.8 cm³/mol. The molecule has 0 amide bonds. The Morgan fingerprint density at radius 2 is 2.42 bits per heavy atom. The summed E-state index contributed by atoms with van der Waals surface area (Å²) >= 11 is 4.90. The molecule has 1 aliphatic heterocycles. The van der Waals surface area contributed by atoms with Crippen LogP contribution in [0.4, 0.5) is 0 Å². The van der Waals surface area contributed by atoms with Crippen LogP contribution in [0.2, 0.25) is 0 Å². The molecule has 2 rings (SSSR count). The minimum absolute atomic E-state index is 0.480. The van der Waals surface area contributed by atoms with E-state index < -0.39 is 0 Å². The third-order valence-corrected chi connectivity index (χ3v) is 2.41. The smallest absolute Gasteiger partial charge is 0.106 e. The van der Waals surface area contributed by atoms with E-state index in [4.69, 9.17) is 12.6 Å². The molecule has 1 unspecified atom stereocenters. The zero-order chi connectivity index (χ0) is 8.55. The molecule has 0 fully saturated rings. The summed E-state index contributed by atoms with van der Waals surface area (Å²) in [7, 11) is 2.19. The van der Waals surface area contributed by atoms with Gasteiger partial charge < -0.3 is 17.5 Å². The number of hydrogen-bond donors (Lipinski definition) is 1. The van der Waals surface area contributed by atoms with E-state index in [1.54, 1.807) is 0 Å². The SMILES string of the molecule is C[NH+]1CCc2nc([S-])ncc2C1. The van der Waals surface area contributed by atoms with Gasteiger partial charge >= 0.3 is 0 Å². The number of rotatable bonds is 0.